The Hall–Kier alpha value is -1.92. The van der Waals surface area contributed by atoms with Gasteiger partial charge in [-0.15, -0.1) is 0 Å². The van der Waals surface area contributed by atoms with Gasteiger partial charge in [-0.25, -0.2) is 0 Å². The average Bonchev–Trinajstić information content (AvgIpc) is 2.81. The molecule has 0 radical (unpaired) electrons. The van der Waals surface area contributed by atoms with Gasteiger partial charge in [0, 0.05) is 6.54 Å². The summed E-state index contributed by atoms with van der Waals surface area (Å²) in [7, 11) is 0. The summed E-state index contributed by atoms with van der Waals surface area (Å²) in [6.07, 6.45) is 7.00. The summed E-state index contributed by atoms with van der Waals surface area (Å²) in [5.41, 5.74) is 5.29. The van der Waals surface area contributed by atoms with Crippen LogP contribution in [0.2, 0.25) is 0 Å². The summed E-state index contributed by atoms with van der Waals surface area (Å²) >= 11 is 0. The Morgan fingerprint density at radius 2 is 1.86 bits per heavy atom. The van der Waals surface area contributed by atoms with E-state index < -0.39 is 10.8 Å². The van der Waals surface area contributed by atoms with Crippen molar-refractivity contribution in [3.8, 4) is 0 Å². The monoisotopic (exact) mass is 296 g/mol. The lowest BCUT2D eigenvalue weighted by Crippen LogP contribution is -2.19. The zero-order chi connectivity index (χ0) is 15.8. The number of amides is 1. The van der Waals surface area contributed by atoms with Crippen molar-refractivity contribution in [1.82, 2.24) is 9.78 Å². The Kier molecular flexibility index (Phi) is 6.84. The summed E-state index contributed by atoms with van der Waals surface area (Å²) in [6.45, 7) is 4.43. The van der Waals surface area contributed by atoms with Gasteiger partial charge in [0.2, 0.25) is 5.69 Å². The minimum atomic E-state index is -0.792. The molecule has 118 valence electrons. The minimum absolute atomic E-state index is 0.0783. The topological polar surface area (TPSA) is 104 Å². The molecule has 1 aromatic heterocycles. The third kappa shape index (κ3) is 4.54. The maximum Gasteiger partial charge on any atom is 0.323 e. The number of carbonyl (C=O) groups excluding carboxylic acids is 1. The molecule has 1 amide bonds. The van der Waals surface area contributed by atoms with Crippen molar-refractivity contribution in [2.24, 2.45) is 5.73 Å². The van der Waals surface area contributed by atoms with Crippen LogP contribution in [0.15, 0.2) is 0 Å². The fourth-order valence-electron chi connectivity index (χ4n) is 2.38. The Labute approximate surface area is 124 Å². The number of primary amides is 1. The summed E-state index contributed by atoms with van der Waals surface area (Å²) in [5, 5.41) is 15.3. The van der Waals surface area contributed by atoms with E-state index >= 15 is 0 Å². The lowest BCUT2D eigenvalue weighted by atomic mass is 10.1. The van der Waals surface area contributed by atoms with Gasteiger partial charge in [-0.2, -0.15) is 5.10 Å². The van der Waals surface area contributed by atoms with Gasteiger partial charge in [0.25, 0.3) is 5.91 Å². The summed E-state index contributed by atoms with van der Waals surface area (Å²) in [6, 6.07) is 0. The Balaban J connectivity index is 2.77. The number of aryl methyl sites for hydroxylation is 2. The molecule has 0 aliphatic rings. The molecule has 0 unspecified atom stereocenters. The van der Waals surface area contributed by atoms with Gasteiger partial charge in [-0.1, -0.05) is 46.0 Å². The van der Waals surface area contributed by atoms with Crippen LogP contribution in [0.25, 0.3) is 0 Å². The Morgan fingerprint density at radius 1 is 1.24 bits per heavy atom. The summed E-state index contributed by atoms with van der Waals surface area (Å²) < 4.78 is 1.40. The number of nitrogens with two attached hydrogens (primary N) is 1. The van der Waals surface area contributed by atoms with Crippen molar-refractivity contribution >= 4 is 11.6 Å². The molecule has 7 nitrogen and oxygen atoms in total. The molecule has 0 saturated carbocycles. The van der Waals surface area contributed by atoms with Crippen molar-refractivity contribution in [3.05, 3.63) is 21.5 Å². The molecule has 0 aromatic carbocycles. The van der Waals surface area contributed by atoms with Crippen molar-refractivity contribution in [3.63, 3.8) is 0 Å². The number of hydrogen-bond acceptors (Lipinski definition) is 4. The highest BCUT2D eigenvalue weighted by Crippen LogP contribution is 2.24. The van der Waals surface area contributed by atoms with E-state index in [0.29, 0.717) is 18.7 Å². The summed E-state index contributed by atoms with van der Waals surface area (Å²) in [5.74, 6) is -0.792. The molecule has 2 N–H and O–H groups in total. The second kappa shape index (κ2) is 8.39. The van der Waals surface area contributed by atoms with Crippen molar-refractivity contribution in [2.75, 3.05) is 0 Å². The number of carbonyl (C=O) groups is 1. The maximum atomic E-state index is 11.5. The molecule has 0 aliphatic heterocycles. The van der Waals surface area contributed by atoms with E-state index in [9.17, 15) is 14.9 Å². The van der Waals surface area contributed by atoms with Crippen LogP contribution in [-0.4, -0.2) is 20.6 Å². The predicted molar refractivity (Wildman–Crippen MR) is 80.2 cm³/mol. The molecule has 7 heteroatoms. The number of hydrogen-bond donors (Lipinski definition) is 1. The van der Waals surface area contributed by atoms with Crippen LogP contribution in [0.5, 0.6) is 0 Å². The Bertz CT molecular complexity index is 497. The highest BCUT2D eigenvalue weighted by Gasteiger charge is 2.29. The molecule has 0 fully saturated rings. The van der Waals surface area contributed by atoms with E-state index in [1.165, 1.54) is 23.9 Å². The third-order valence-electron chi connectivity index (χ3n) is 3.47. The minimum Gasteiger partial charge on any atom is -0.364 e. The number of unbranched alkanes of at least 4 members (excludes halogenated alkanes) is 5. The molecule has 0 saturated heterocycles. The van der Waals surface area contributed by atoms with Gasteiger partial charge in [-0.05, 0) is 12.8 Å². The van der Waals surface area contributed by atoms with E-state index in [0.717, 1.165) is 19.3 Å². The highest BCUT2D eigenvalue weighted by atomic mass is 16.6. The first-order valence-corrected chi connectivity index (χ1v) is 7.56. The number of nitrogens with zero attached hydrogens (tertiary/aromatic N) is 3. The Morgan fingerprint density at radius 3 is 2.38 bits per heavy atom. The first-order chi connectivity index (χ1) is 10.0. The average molecular weight is 296 g/mol. The maximum absolute atomic E-state index is 11.5. The molecule has 0 aliphatic carbocycles. The van der Waals surface area contributed by atoms with E-state index in [1.807, 2.05) is 0 Å². The molecule has 21 heavy (non-hydrogen) atoms. The van der Waals surface area contributed by atoms with Gasteiger partial charge in [0.15, 0.2) is 0 Å². The molecule has 0 bridgehead atoms. The van der Waals surface area contributed by atoms with Crippen molar-refractivity contribution in [1.29, 1.82) is 0 Å². The van der Waals surface area contributed by atoms with Crippen LogP contribution in [0, 0.1) is 10.1 Å². The molecule has 0 atom stereocenters. The van der Waals surface area contributed by atoms with Crippen LogP contribution >= 0.6 is 0 Å². The van der Waals surface area contributed by atoms with Crippen LogP contribution in [0.1, 0.15) is 68.6 Å². The van der Waals surface area contributed by atoms with E-state index in [1.54, 1.807) is 6.92 Å². The normalized spacial score (nSPS) is 10.8. The first-order valence-electron chi connectivity index (χ1n) is 7.56. The molecule has 0 spiro atoms. The molecular formula is C14H24N4O3. The molecule has 1 heterocycles. The molecular weight excluding hydrogens is 272 g/mol. The standard InChI is InChI=1S/C14H24N4O3/c1-3-5-6-7-8-9-10-17-13(14(15)19)12(18(20)21)11(4-2)16-17/h3-10H2,1-2H3,(H2,15,19). The van der Waals surface area contributed by atoms with Gasteiger partial charge in [-0.3, -0.25) is 19.6 Å². The van der Waals surface area contributed by atoms with Crippen LogP contribution in [0.4, 0.5) is 5.69 Å². The number of rotatable bonds is 10. The van der Waals surface area contributed by atoms with Crippen LogP contribution < -0.4 is 5.73 Å². The predicted octanol–water partition coefficient (Wildman–Crippen LogP) is 2.81. The zero-order valence-corrected chi connectivity index (χ0v) is 12.8. The lowest BCUT2D eigenvalue weighted by Gasteiger charge is -2.04. The van der Waals surface area contributed by atoms with Gasteiger partial charge in [0.1, 0.15) is 5.69 Å². The molecule has 1 rings (SSSR count). The number of nitro groups is 1. The highest BCUT2D eigenvalue weighted by molar-refractivity contribution is 5.95. The fourth-order valence-corrected chi connectivity index (χ4v) is 2.38. The second-order valence-electron chi connectivity index (χ2n) is 5.11. The first kappa shape index (κ1) is 17.1. The van der Waals surface area contributed by atoms with E-state index in [2.05, 4.69) is 12.0 Å². The van der Waals surface area contributed by atoms with Gasteiger partial charge < -0.3 is 5.73 Å². The van der Waals surface area contributed by atoms with E-state index in [-0.39, 0.29) is 11.4 Å². The second-order valence-corrected chi connectivity index (χ2v) is 5.11. The largest absolute Gasteiger partial charge is 0.364 e. The van der Waals surface area contributed by atoms with Crippen molar-refractivity contribution < 1.29 is 9.72 Å². The van der Waals surface area contributed by atoms with Crippen molar-refractivity contribution in [2.45, 2.75) is 65.3 Å². The van der Waals surface area contributed by atoms with Gasteiger partial charge in [0.05, 0.1) is 4.92 Å². The van der Waals surface area contributed by atoms with Crippen LogP contribution in [-0.2, 0) is 13.0 Å². The quantitative estimate of drug-likeness (QED) is 0.407. The van der Waals surface area contributed by atoms with Crippen LogP contribution in [0.3, 0.4) is 0 Å². The zero-order valence-electron chi connectivity index (χ0n) is 12.8. The molecule has 1 aromatic rings. The summed E-state index contributed by atoms with van der Waals surface area (Å²) in [4.78, 5) is 22.1. The SMILES string of the molecule is CCCCCCCCn1nc(CC)c([N+](=O)[O-])c1C(N)=O. The van der Waals surface area contributed by atoms with E-state index in [4.69, 9.17) is 5.73 Å². The smallest absolute Gasteiger partial charge is 0.323 e. The third-order valence-corrected chi connectivity index (χ3v) is 3.47. The lowest BCUT2D eigenvalue weighted by molar-refractivity contribution is -0.385. The fraction of sp³-hybridized carbons (Fsp3) is 0.714. The number of aromatic nitrogens is 2. The van der Waals surface area contributed by atoms with Gasteiger partial charge >= 0.3 is 5.69 Å².